The Morgan fingerprint density at radius 3 is 2.32 bits per heavy atom. The molecule has 0 unspecified atom stereocenters. The molecule has 0 spiro atoms. The molecule has 4 atom stereocenters. The predicted octanol–water partition coefficient (Wildman–Crippen LogP) is 5.84. The third kappa shape index (κ3) is 5.87. The Morgan fingerprint density at radius 1 is 0.941 bits per heavy atom. The van der Waals surface area contributed by atoms with Crippen LogP contribution in [-0.2, 0) is 17.9 Å². The molecule has 4 nitrogen and oxygen atoms in total. The first-order chi connectivity index (χ1) is 16.6. The minimum absolute atomic E-state index is 0.223. The second kappa shape index (κ2) is 11.7. The van der Waals surface area contributed by atoms with Crippen LogP contribution in [0.25, 0.3) is 0 Å². The van der Waals surface area contributed by atoms with Gasteiger partial charge in [-0.25, -0.2) is 0 Å². The van der Waals surface area contributed by atoms with Gasteiger partial charge in [0.15, 0.2) is 0 Å². The monoisotopic (exact) mass is 458 g/mol. The minimum atomic E-state index is 0.223. The molecule has 4 heteroatoms. The molecule has 1 aliphatic heterocycles. The predicted molar refractivity (Wildman–Crippen MR) is 139 cm³/mol. The van der Waals surface area contributed by atoms with Gasteiger partial charge in [-0.1, -0.05) is 86.6 Å². The maximum atomic E-state index is 6.23. The fourth-order valence-electron chi connectivity index (χ4n) is 4.96. The molecule has 0 aliphatic carbocycles. The number of hydrogen-bond donors (Lipinski definition) is 2. The standard InChI is InChI=1S/C30H38N2O2/c1-21(2)25-15-16-28(33-4)26(17-25)18-31-30-27(20-34-19-23-11-7-5-8-12-23)22(3)32-29(30)24-13-9-6-10-14-24/h5-17,21-22,27,29-32H,18-20H2,1-4H3/t22-,27-,29+,30+/m1/s1. The molecule has 34 heavy (non-hydrogen) atoms. The van der Waals surface area contributed by atoms with Crippen molar-refractivity contribution in [2.45, 2.75) is 58.0 Å². The summed E-state index contributed by atoms with van der Waals surface area (Å²) in [6.07, 6.45) is 0. The Bertz CT molecular complexity index is 1020. The third-order valence-corrected chi connectivity index (χ3v) is 6.98. The molecule has 4 rings (SSSR count). The lowest BCUT2D eigenvalue weighted by Gasteiger charge is -2.27. The van der Waals surface area contributed by atoms with Gasteiger partial charge in [0.2, 0.25) is 0 Å². The Morgan fingerprint density at radius 2 is 1.65 bits per heavy atom. The maximum absolute atomic E-state index is 6.23. The smallest absolute Gasteiger partial charge is 0.123 e. The van der Waals surface area contributed by atoms with E-state index in [1.165, 1.54) is 22.3 Å². The molecule has 0 amide bonds. The molecule has 3 aromatic rings. The van der Waals surface area contributed by atoms with E-state index in [0.717, 1.165) is 12.3 Å². The van der Waals surface area contributed by atoms with Crippen LogP contribution in [0.5, 0.6) is 5.75 Å². The zero-order chi connectivity index (χ0) is 23.9. The lowest BCUT2D eigenvalue weighted by atomic mass is 9.91. The van der Waals surface area contributed by atoms with Crippen LogP contribution < -0.4 is 15.4 Å². The summed E-state index contributed by atoms with van der Waals surface area (Å²) in [6.45, 7) is 8.82. The first kappa shape index (κ1) is 24.5. The van der Waals surface area contributed by atoms with Gasteiger partial charge in [0.05, 0.1) is 20.3 Å². The number of nitrogens with one attached hydrogen (secondary N) is 2. The van der Waals surface area contributed by atoms with Crippen molar-refractivity contribution in [2.75, 3.05) is 13.7 Å². The summed E-state index contributed by atoms with van der Waals surface area (Å²) >= 11 is 0. The molecule has 3 aromatic carbocycles. The maximum Gasteiger partial charge on any atom is 0.123 e. The highest BCUT2D eigenvalue weighted by Gasteiger charge is 2.41. The van der Waals surface area contributed by atoms with Crippen LogP contribution in [0.4, 0.5) is 0 Å². The van der Waals surface area contributed by atoms with E-state index in [1.807, 2.05) is 6.07 Å². The average molecular weight is 459 g/mol. The van der Waals surface area contributed by atoms with Crippen LogP contribution in [0.3, 0.4) is 0 Å². The van der Waals surface area contributed by atoms with Crippen LogP contribution >= 0.6 is 0 Å². The van der Waals surface area contributed by atoms with E-state index in [0.29, 0.717) is 31.1 Å². The van der Waals surface area contributed by atoms with Crippen molar-refractivity contribution in [3.63, 3.8) is 0 Å². The van der Waals surface area contributed by atoms with Crippen LogP contribution in [0.2, 0.25) is 0 Å². The van der Waals surface area contributed by atoms with E-state index >= 15 is 0 Å². The van der Waals surface area contributed by atoms with Crippen molar-refractivity contribution in [3.05, 3.63) is 101 Å². The van der Waals surface area contributed by atoms with Crippen LogP contribution in [0.15, 0.2) is 78.9 Å². The number of hydrogen-bond acceptors (Lipinski definition) is 4. The summed E-state index contributed by atoms with van der Waals surface area (Å²) in [6, 6.07) is 28.5. The second-order valence-electron chi connectivity index (χ2n) is 9.64. The topological polar surface area (TPSA) is 42.5 Å². The van der Waals surface area contributed by atoms with Crippen molar-refractivity contribution >= 4 is 0 Å². The van der Waals surface area contributed by atoms with Crippen LogP contribution in [0.1, 0.15) is 55.0 Å². The molecule has 1 aliphatic rings. The molecular formula is C30H38N2O2. The zero-order valence-corrected chi connectivity index (χ0v) is 20.8. The summed E-state index contributed by atoms with van der Waals surface area (Å²) in [5.41, 5.74) is 5.04. The molecule has 1 heterocycles. The molecule has 2 N–H and O–H groups in total. The Hall–Kier alpha value is -2.66. The molecule has 0 bridgehead atoms. The Labute approximate surface area is 204 Å². The number of rotatable bonds is 10. The largest absolute Gasteiger partial charge is 0.496 e. The summed E-state index contributed by atoms with van der Waals surface area (Å²) in [5.74, 6) is 1.76. The normalized spacial score (nSPS) is 22.3. The zero-order valence-electron chi connectivity index (χ0n) is 20.8. The van der Waals surface area contributed by atoms with Crippen molar-refractivity contribution < 1.29 is 9.47 Å². The van der Waals surface area contributed by atoms with Crippen LogP contribution in [0, 0.1) is 5.92 Å². The average Bonchev–Trinajstić information content (AvgIpc) is 3.18. The Balaban J connectivity index is 1.52. The van der Waals surface area contributed by atoms with Gasteiger partial charge in [-0.2, -0.15) is 0 Å². The first-order valence-corrected chi connectivity index (χ1v) is 12.4. The van der Waals surface area contributed by atoms with E-state index in [1.54, 1.807) is 7.11 Å². The minimum Gasteiger partial charge on any atom is -0.496 e. The molecular weight excluding hydrogens is 420 g/mol. The van der Waals surface area contributed by atoms with Gasteiger partial charge in [0.25, 0.3) is 0 Å². The van der Waals surface area contributed by atoms with Gasteiger partial charge in [-0.05, 0) is 35.6 Å². The van der Waals surface area contributed by atoms with Gasteiger partial charge in [0.1, 0.15) is 5.75 Å². The molecule has 180 valence electrons. The fraction of sp³-hybridized carbons (Fsp3) is 0.400. The van der Waals surface area contributed by atoms with Crippen molar-refractivity contribution in [2.24, 2.45) is 5.92 Å². The van der Waals surface area contributed by atoms with Gasteiger partial charge < -0.3 is 20.1 Å². The van der Waals surface area contributed by atoms with Gasteiger partial charge in [0, 0.05) is 36.2 Å². The first-order valence-electron chi connectivity index (χ1n) is 12.4. The highest BCUT2D eigenvalue weighted by Crippen LogP contribution is 2.33. The fourth-order valence-corrected chi connectivity index (χ4v) is 4.96. The number of methoxy groups -OCH3 is 1. The van der Waals surface area contributed by atoms with E-state index < -0.39 is 0 Å². The summed E-state index contributed by atoms with van der Waals surface area (Å²) in [7, 11) is 1.75. The van der Waals surface area contributed by atoms with Gasteiger partial charge in [-0.3, -0.25) is 0 Å². The van der Waals surface area contributed by atoms with Crippen molar-refractivity contribution in [1.29, 1.82) is 0 Å². The lowest BCUT2D eigenvalue weighted by Crippen LogP contribution is -2.40. The molecule has 0 saturated carbocycles. The quantitative estimate of drug-likeness (QED) is 0.400. The SMILES string of the molecule is COc1ccc(C(C)C)cc1CN[C@H]1[C@H](COCc2ccccc2)[C@@H](C)N[C@H]1c1ccccc1. The lowest BCUT2D eigenvalue weighted by molar-refractivity contribution is 0.0745. The molecule has 1 fully saturated rings. The summed E-state index contributed by atoms with van der Waals surface area (Å²) in [5, 5.41) is 7.73. The highest BCUT2D eigenvalue weighted by molar-refractivity contribution is 5.38. The molecule has 0 aromatic heterocycles. The van der Waals surface area contributed by atoms with E-state index in [2.05, 4.69) is 104 Å². The second-order valence-corrected chi connectivity index (χ2v) is 9.64. The van der Waals surface area contributed by atoms with Crippen molar-refractivity contribution in [3.8, 4) is 5.75 Å². The van der Waals surface area contributed by atoms with E-state index in [4.69, 9.17) is 9.47 Å². The molecule has 0 radical (unpaired) electrons. The summed E-state index contributed by atoms with van der Waals surface area (Å²) in [4.78, 5) is 0. The van der Waals surface area contributed by atoms with Crippen LogP contribution in [-0.4, -0.2) is 25.8 Å². The van der Waals surface area contributed by atoms with Gasteiger partial charge in [-0.15, -0.1) is 0 Å². The third-order valence-electron chi connectivity index (χ3n) is 6.98. The number of benzene rings is 3. The highest BCUT2D eigenvalue weighted by atomic mass is 16.5. The number of ether oxygens (including phenoxy) is 2. The summed E-state index contributed by atoms with van der Waals surface area (Å²) < 4.78 is 11.9. The Kier molecular flexibility index (Phi) is 8.39. The van der Waals surface area contributed by atoms with Gasteiger partial charge >= 0.3 is 0 Å². The van der Waals surface area contributed by atoms with E-state index in [9.17, 15) is 0 Å². The van der Waals surface area contributed by atoms with E-state index in [-0.39, 0.29) is 12.1 Å². The molecule has 1 saturated heterocycles. The van der Waals surface area contributed by atoms with Crippen molar-refractivity contribution in [1.82, 2.24) is 10.6 Å².